The molecule has 1 atom stereocenters. The van der Waals surface area contributed by atoms with Gasteiger partial charge in [-0.2, -0.15) is 0 Å². The van der Waals surface area contributed by atoms with Gasteiger partial charge in [-0.1, -0.05) is 13.0 Å². The molecular formula is C19H26FIN4O3. The molecule has 7 nitrogen and oxygen atoms in total. The number of guanidine groups is 1. The highest BCUT2D eigenvalue weighted by atomic mass is 127. The zero-order valence-corrected chi connectivity index (χ0v) is 18.2. The van der Waals surface area contributed by atoms with Gasteiger partial charge in [-0.25, -0.2) is 9.38 Å². The van der Waals surface area contributed by atoms with Crippen molar-refractivity contribution in [3.8, 4) is 5.75 Å². The number of primary amides is 1. The Morgan fingerprint density at radius 3 is 2.68 bits per heavy atom. The Labute approximate surface area is 180 Å². The number of aliphatic imine (C=N–C) groups is 1. The molecule has 28 heavy (non-hydrogen) atoms. The standard InChI is InChI=1S/C19H25FN4O3.HI/c1-3-14(26-15-7-5-6-13(20)10-15)11-23-19(22-4-2)24-12-16-8-9-17(27-16)18(21)25;/h5-10,14H,3-4,11-12H2,1-2H3,(H2,21,25)(H2,22,23,24);1H. The third-order valence-electron chi connectivity index (χ3n) is 3.69. The fraction of sp³-hybridized carbons (Fsp3) is 0.368. The van der Waals surface area contributed by atoms with Gasteiger partial charge in [0, 0.05) is 12.6 Å². The number of benzene rings is 1. The summed E-state index contributed by atoms with van der Waals surface area (Å²) in [5, 5.41) is 6.32. The van der Waals surface area contributed by atoms with Gasteiger partial charge >= 0.3 is 0 Å². The van der Waals surface area contributed by atoms with Crippen LogP contribution in [0.2, 0.25) is 0 Å². The summed E-state index contributed by atoms with van der Waals surface area (Å²) in [6.45, 7) is 5.37. The monoisotopic (exact) mass is 504 g/mol. The van der Waals surface area contributed by atoms with Crippen LogP contribution in [0.1, 0.15) is 36.6 Å². The molecule has 0 bridgehead atoms. The van der Waals surface area contributed by atoms with Gasteiger partial charge in [0.2, 0.25) is 0 Å². The highest BCUT2D eigenvalue weighted by Crippen LogP contribution is 2.14. The van der Waals surface area contributed by atoms with Crippen molar-refractivity contribution in [2.45, 2.75) is 32.9 Å². The fourth-order valence-electron chi connectivity index (χ4n) is 2.31. The van der Waals surface area contributed by atoms with Crippen molar-refractivity contribution in [2.24, 2.45) is 10.7 Å². The van der Waals surface area contributed by atoms with E-state index in [0.29, 0.717) is 30.6 Å². The van der Waals surface area contributed by atoms with E-state index in [2.05, 4.69) is 15.6 Å². The van der Waals surface area contributed by atoms with Crippen LogP contribution in [-0.2, 0) is 6.54 Å². The van der Waals surface area contributed by atoms with E-state index in [0.717, 1.165) is 6.42 Å². The molecular weight excluding hydrogens is 478 g/mol. The molecule has 154 valence electrons. The second kappa shape index (κ2) is 12.2. The van der Waals surface area contributed by atoms with E-state index in [1.165, 1.54) is 18.2 Å². The van der Waals surface area contributed by atoms with Crippen molar-refractivity contribution in [3.05, 3.63) is 53.7 Å². The molecule has 2 aromatic rings. The van der Waals surface area contributed by atoms with Gasteiger partial charge in [-0.3, -0.25) is 4.79 Å². The summed E-state index contributed by atoms with van der Waals surface area (Å²) in [5.41, 5.74) is 5.17. The van der Waals surface area contributed by atoms with Crippen LogP contribution in [0.25, 0.3) is 0 Å². The first kappa shape index (κ1) is 23.7. The first-order valence-corrected chi connectivity index (χ1v) is 8.84. The number of furan rings is 1. The zero-order valence-electron chi connectivity index (χ0n) is 15.9. The Kier molecular flexibility index (Phi) is 10.4. The summed E-state index contributed by atoms with van der Waals surface area (Å²) in [5.74, 6) is 0.752. The van der Waals surface area contributed by atoms with Crippen LogP contribution in [0.4, 0.5) is 4.39 Å². The molecule has 0 fully saturated rings. The van der Waals surface area contributed by atoms with Crippen LogP contribution in [-0.4, -0.2) is 31.1 Å². The van der Waals surface area contributed by atoms with Gasteiger partial charge in [-0.05, 0) is 37.6 Å². The Hall–Kier alpha value is -2.30. The fourth-order valence-corrected chi connectivity index (χ4v) is 2.31. The molecule has 1 unspecified atom stereocenters. The summed E-state index contributed by atoms with van der Waals surface area (Å²) < 4.78 is 24.4. The van der Waals surface area contributed by atoms with Crippen LogP contribution < -0.4 is 21.1 Å². The van der Waals surface area contributed by atoms with Crippen molar-refractivity contribution in [1.29, 1.82) is 0 Å². The molecule has 0 saturated carbocycles. The number of hydrogen-bond donors (Lipinski definition) is 3. The first-order chi connectivity index (χ1) is 13.0. The second-order valence-electron chi connectivity index (χ2n) is 5.81. The molecule has 2 rings (SSSR count). The Balaban J connectivity index is 0.00000392. The maximum absolute atomic E-state index is 13.3. The molecule has 0 aliphatic carbocycles. The van der Waals surface area contributed by atoms with Crippen LogP contribution in [0.15, 0.2) is 45.8 Å². The van der Waals surface area contributed by atoms with Gasteiger partial charge < -0.3 is 25.5 Å². The Bertz CT molecular complexity index is 782. The topological polar surface area (TPSA) is 102 Å². The van der Waals surface area contributed by atoms with Gasteiger partial charge in [0.1, 0.15) is 30.0 Å². The largest absolute Gasteiger partial charge is 0.489 e. The Morgan fingerprint density at radius 1 is 1.29 bits per heavy atom. The maximum atomic E-state index is 13.3. The van der Waals surface area contributed by atoms with E-state index >= 15 is 0 Å². The molecule has 9 heteroatoms. The van der Waals surface area contributed by atoms with Crippen molar-refractivity contribution in [3.63, 3.8) is 0 Å². The highest BCUT2D eigenvalue weighted by molar-refractivity contribution is 14.0. The molecule has 0 spiro atoms. The molecule has 0 radical (unpaired) electrons. The summed E-state index contributed by atoms with van der Waals surface area (Å²) in [7, 11) is 0. The number of nitrogens with zero attached hydrogens (tertiary/aromatic N) is 1. The third-order valence-corrected chi connectivity index (χ3v) is 3.69. The summed E-state index contributed by atoms with van der Waals surface area (Å²) in [6.07, 6.45) is 0.587. The number of rotatable bonds is 9. The van der Waals surface area contributed by atoms with Crippen LogP contribution >= 0.6 is 24.0 Å². The van der Waals surface area contributed by atoms with Gasteiger partial charge in [-0.15, -0.1) is 24.0 Å². The van der Waals surface area contributed by atoms with E-state index in [1.54, 1.807) is 18.2 Å². The number of hydrogen-bond acceptors (Lipinski definition) is 4. The number of ether oxygens (including phenoxy) is 1. The molecule has 1 amide bonds. The third kappa shape index (κ3) is 7.75. The lowest BCUT2D eigenvalue weighted by Gasteiger charge is -2.20. The molecule has 1 heterocycles. The van der Waals surface area contributed by atoms with E-state index in [4.69, 9.17) is 14.9 Å². The molecule has 0 aliphatic heterocycles. The molecule has 1 aromatic carbocycles. The lowest BCUT2D eigenvalue weighted by atomic mass is 10.2. The lowest BCUT2D eigenvalue weighted by Crippen LogP contribution is -2.42. The van der Waals surface area contributed by atoms with Crippen molar-refractivity contribution in [1.82, 2.24) is 10.6 Å². The molecule has 0 saturated heterocycles. The smallest absolute Gasteiger partial charge is 0.284 e. The summed E-state index contributed by atoms with van der Waals surface area (Å²) in [4.78, 5) is 15.5. The van der Waals surface area contributed by atoms with Crippen molar-refractivity contribution < 1.29 is 18.3 Å². The van der Waals surface area contributed by atoms with Gasteiger partial charge in [0.15, 0.2) is 11.7 Å². The SMILES string of the molecule is CCNC(=NCc1ccc(C(N)=O)o1)NCC(CC)Oc1cccc(F)c1.I. The van der Waals surface area contributed by atoms with Crippen LogP contribution in [0.3, 0.4) is 0 Å². The van der Waals surface area contributed by atoms with E-state index in [1.807, 2.05) is 13.8 Å². The minimum Gasteiger partial charge on any atom is -0.489 e. The molecule has 0 aliphatic rings. The zero-order chi connectivity index (χ0) is 19.6. The lowest BCUT2D eigenvalue weighted by molar-refractivity contribution is 0.0972. The van der Waals surface area contributed by atoms with E-state index in [9.17, 15) is 9.18 Å². The average Bonchev–Trinajstić information content (AvgIpc) is 3.12. The minimum absolute atomic E-state index is 0. The normalized spacial score (nSPS) is 12.0. The summed E-state index contributed by atoms with van der Waals surface area (Å²) >= 11 is 0. The number of halogens is 2. The molecule has 4 N–H and O–H groups in total. The van der Waals surface area contributed by atoms with Crippen molar-refractivity contribution >= 4 is 35.8 Å². The number of carbonyl (C=O) groups is 1. The number of carbonyl (C=O) groups excluding carboxylic acids is 1. The number of amides is 1. The predicted molar refractivity (Wildman–Crippen MR) is 117 cm³/mol. The van der Waals surface area contributed by atoms with Gasteiger partial charge in [0.05, 0.1) is 6.54 Å². The first-order valence-electron chi connectivity index (χ1n) is 8.84. The van der Waals surface area contributed by atoms with Gasteiger partial charge in [0.25, 0.3) is 5.91 Å². The minimum atomic E-state index is -0.615. The highest BCUT2D eigenvalue weighted by Gasteiger charge is 2.11. The second-order valence-corrected chi connectivity index (χ2v) is 5.81. The van der Waals surface area contributed by atoms with Crippen molar-refractivity contribution in [2.75, 3.05) is 13.1 Å². The Morgan fingerprint density at radius 2 is 2.07 bits per heavy atom. The number of nitrogens with two attached hydrogens (primary N) is 1. The van der Waals surface area contributed by atoms with E-state index in [-0.39, 0.29) is 48.2 Å². The van der Waals surface area contributed by atoms with E-state index < -0.39 is 5.91 Å². The quantitative estimate of drug-likeness (QED) is 0.277. The predicted octanol–water partition coefficient (Wildman–Crippen LogP) is 3.05. The van der Waals surface area contributed by atoms with Crippen LogP contribution in [0.5, 0.6) is 5.75 Å². The van der Waals surface area contributed by atoms with Crippen LogP contribution in [0, 0.1) is 5.82 Å². The molecule has 1 aromatic heterocycles. The summed E-state index contributed by atoms with van der Waals surface area (Å²) in [6, 6.07) is 9.25. The maximum Gasteiger partial charge on any atom is 0.284 e. The number of nitrogens with one attached hydrogen (secondary N) is 2. The average molecular weight is 504 g/mol.